The molecular weight excluding hydrogens is 294 g/mol. The van der Waals surface area contributed by atoms with Crippen LogP contribution in [0.2, 0.25) is 0 Å². The molecule has 98 valence electrons. The molecule has 2 rings (SSSR count). The maximum atomic E-state index is 4.50. The lowest BCUT2D eigenvalue weighted by molar-refractivity contribution is 0.566. The van der Waals surface area contributed by atoms with Gasteiger partial charge >= 0.3 is 0 Å². The molecule has 0 saturated heterocycles. The molecule has 0 aromatic carbocycles. The van der Waals surface area contributed by atoms with Crippen molar-refractivity contribution in [1.82, 2.24) is 24.5 Å². The van der Waals surface area contributed by atoms with Gasteiger partial charge in [-0.1, -0.05) is 6.92 Å². The first kappa shape index (κ1) is 13.3. The fraction of sp³-hybridized carbons (Fsp3) is 0.583. The van der Waals surface area contributed by atoms with Gasteiger partial charge in [0.05, 0.1) is 15.9 Å². The molecule has 0 N–H and O–H groups in total. The molecule has 18 heavy (non-hydrogen) atoms. The van der Waals surface area contributed by atoms with E-state index in [1.165, 1.54) is 0 Å². The second kappa shape index (κ2) is 5.22. The lowest BCUT2D eigenvalue weighted by atomic mass is 10.4. The van der Waals surface area contributed by atoms with Gasteiger partial charge in [0, 0.05) is 6.54 Å². The lowest BCUT2D eigenvalue weighted by Crippen LogP contribution is -2.12. The third-order valence-corrected chi connectivity index (χ3v) is 4.19. The number of halogens is 1. The second-order valence-corrected chi connectivity index (χ2v) is 5.25. The van der Waals surface area contributed by atoms with E-state index in [1.807, 2.05) is 18.5 Å². The third-order valence-electron chi connectivity index (χ3n) is 3.04. The normalized spacial score (nSPS) is 11.2. The summed E-state index contributed by atoms with van der Waals surface area (Å²) in [4.78, 5) is 0. The molecule has 0 aliphatic carbocycles. The summed E-state index contributed by atoms with van der Waals surface area (Å²) in [5.74, 6) is 1.93. The number of aryl methyl sites for hydroxylation is 2. The maximum Gasteiger partial charge on any atom is 0.154 e. The van der Waals surface area contributed by atoms with Gasteiger partial charge in [-0.2, -0.15) is 5.10 Å². The Morgan fingerprint density at radius 2 is 1.89 bits per heavy atom. The van der Waals surface area contributed by atoms with Gasteiger partial charge in [0.2, 0.25) is 0 Å². The van der Waals surface area contributed by atoms with Crippen molar-refractivity contribution in [3.05, 3.63) is 27.5 Å². The zero-order valence-corrected chi connectivity index (χ0v) is 12.8. The van der Waals surface area contributed by atoms with Crippen molar-refractivity contribution in [2.24, 2.45) is 0 Å². The monoisotopic (exact) mass is 311 g/mol. The quantitative estimate of drug-likeness (QED) is 0.872. The molecule has 0 unspecified atom stereocenters. The molecule has 0 amide bonds. The van der Waals surface area contributed by atoms with Gasteiger partial charge in [0.15, 0.2) is 5.82 Å². The molecule has 0 fully saturated rings. The lowest BCUT2D eigenvalue weighted by Gasteiger charge is -2.08. The fourth-order valence-corrected chi connectivity index (χ4v) is 2.30. The minimum atomic E-state index is 0.666. The van der Waals surface area contributed by atoms with Crippen LogP contribution in [0.15, 0.2) is 4.47 Å². The van der Waals surface area contributed by atoms with Crippen molar-refractivity contribution >= 4 is 15.9 Å². The van der Waals surface area contributed by atoms with Crippen LogP contribution in [0.4, 0.5) is 0 Å². The summed E-state index contributed by atoms with van der Waals surface area (Å²) >= 11 is 3.54. The Morgan fingerprint density at radius 1 is 1.17 bits per heavy atom. The van der Waals surface area contributed by atoms with E-state index in [0.717, 1.165) is 40.5 Å². The number of aromatic nitrogens is 5. The first-order valence-electron chi connectivity index (χ1n) is 6.12. The highest BCUT2D eigenvalue weighted by atomic mass is 79.9. The van der Waals surface area contributed by atoms with E-state index in [1.54, 1.807) is 0 Å². The van der Waals surface area contributed by atoms with Crippen LogP contribution in [0.5, 0.6) is 0 Å². The summed E-state index contributed by atoms with van der Waals surface area (Å²) in [5, 5.41) is 12.9. The number of hydrogen-bond donors (Lipinski definition) is 0. The second-order valence-electron chi connectivity index (χ2n) is 4.46. The van der Waals surface area contributed by atoms with Gasteiger partial charge in [-0.3, -0.25) is 4.68 Å². The molecule has 0 radical (unpaired) electrons. The zero-order valence-electron chi connectivity index (χ0n) is 11.2. The van der Waals surface area contributed by atoms with Crippen LogP contribution in [0.25, 0.3) is 0 Å². The zero-order chi connectivity index (χ0) is 13.3. The molecule has 0 aliphatic heterocycles. The highest BCUT2D eigenvalue weighted by molar-refractivity contribution is 9.10. The van der Waals surface area contributed by atoms with Crippen molar-refractivity contribution in [1.29, 1.82) is 0 Å². The summed E-state index contributed by atoms with van der Waals surface area (Å²) in [6.07, 6.45) is 1.08. The van der Waals surface area contributed by atoms with Crippen molar-refractivity contribution in [3.63, 3.8) is 0 Å². The Bertz CT molecular complexity index is 555. The molecule has 0 spiro atoms. The van der Waals surface area contributed by atoms with Gasteiger partial charge in [0.1, 0.15) is 12.4 Å². The van der Waals surface area contributed by atoms with E-state index in [4.69, 9.17) is 0 Å². The highest BCUT2D eigenvalue weighted by Gasteiger charge is 2.13. The molecule has 0 saturated carbocycles. The number of nitrogens with zero attached hydrogens (tertiary/aromatic N) is 5. The summed E-state index contributed by atoms with van der Waals surface area (Å²) in [7, 11) is 0. The Kier molecular flexibility index (Phi) is 3.85. The Balaban J connectivity index is 2.31. The highest BCUT2D eigenvalue weighted by Crippen LogP contribution is 2.20. The molecule has 0 bridgehead atoms. The number of hydrogen-bond acceptors (Lipinski definition) is 3. The third kappa shape index (κ3) is 2.34. The van der Waals surface area contributed by atoms with Crippen LogP contribution in [0.1, 0.15) is 36.4 Å². The van der Waals surface area contributed by atoms with Gasteiger partial charge in [-0.15, -0.1) is 10.2 Å². The minimum Gasteiger partial charge on any atom is -0.314 e. The largest absolute Gasteiger partial charge is 0.314 e. The van der Waals surface area contributed by atoms with E-state index < -0.39 is 0 Å². The smallest absolute Gasteiger partial charge is 0.154 e. The Morgan fingerprint density at radius 3 is 2.44 bits per heavy atom. The molecule has 2 aromatic heterocycles. The van der Waals surface area contributed by atoms with Crippen LogP contribution >= 0.6 is 15.9 Å². The topological polar surface area (TPSA) is 48.5 Å². The fourth-order valence-electron chi connectivity index (χ4n) is 2.02. The average molecular weight is 312 g/mol. The first-order valence-corrected chi connectivity index (χ1v) is 6.92. The molecule has 0 aliphatic rings. The van der Waals surface area contributed by atoms with Crippen molar-refractivity contribution < 1.29 is 0 Å². The summed E-state index contributed by atoms with van der Waals surface area (Å²) < 4.78 is 5.19. The van der Waals surface area contributed by atoms with Crippen LogP contribution in [-0.4, -0.2) is 24.5 Å². The Hall–Kier alpha value is -1.17. The molecule has 0 atom stereocenters. The van der Waals surface area contributed by atoms with E-state index in [2.05, 4.69) is 49.6 Å². The van der Waals surface area contributed by atoms with Gasteiger partial charge in [-0.05, 0) is 43.1 Å². The number of rotatable bonds is 4. The summed E-state index contributed by atoms with van der Waals surface area (Å²) in [6, 6.07) is 0. The standard InChI is InChI=1S/C12H18BrN5/c1-5-6-17-10(4)14-15-11(17)7-18-9(3)12(13)8(2)16-18/h5-7H2,1-4H3. The van der Waals surface area contributed by atoms with E-state index in [0.29, 0.717) is 6.54 Å². The van der Waals surface area contributed by atoms with Crippen molar-refractivity contribution in [2.75, 3.05) is 0 Å². The molecule has 6 heteroatoms. The molecule has 5 nitrogen and oxygen atoms in total. The van der Waals surface area contributed by atoms with Crippen molar-refractivity contribution in [3.8, 4) is 0 Å². The summed E-state index contributed by atoms with van der Waals surface area (Å²) in [6.45, 7) is 9.81. The van der Waals surface area contributed by atoms with E-state index in [9.17, 15) is 0 Å². The van der Waals surface area contributed by atoms with Crippen LogP contribution in [0.3, 0.4) is 0 Å². The predicted octanol–water partition coefficient (Wildman–Crippen LogP) is 2.62. The van der Waals surface area contributed by atoms with Crippen LogP contribution in [0, 0.1) is 20.8 Å². The van der Waals surface area contributed by atoms with Crippen molar-refractivity contribution in [2.45, 2.75) is 47.2 Å². The van der Waals surface area contributed by atoms with E-state index >= 15 is 0 Å². The minimum absolute atomic E-state index is 0.666. The molecule has 2 heterocycles. The first-order chi connectivity index (χ1) is 8.54. The van der Waals surface area contributed by atoms with E-state index in [-0.39, 0.29) is 0 Å². The van der Waals surface area contributed by atoms with Crippen LogP contribution in [-0.2, 0) is 13.1 Å². The predicted molar refractivity (Wildman–Crippen MR) is 73.6 cm³/mol. The SMILES string of the molecule is CCCn1c(C)nnc1Cn1nc(C)c(Br)c1C. The average Bonchev–Trinajstić information content (AvgIpc) is 2.79. The van der Waals surface area contributed by atoms with Gasteiger partial charge in [0.25, 0.3) is 0 Å². The maximum absolute atomic E-state index is 4.50. The van der Waals surface area contributed by atoms with Gasteiger partial charge in [-0.25, -0.2) is 0 Å². The summed E-state index contributed by atoms with van der Waals surface area (Å²) in [5.41, 5.74) is 2.13. The molecule has 2 aromatic rings. The Labute approximate surface area is 115 Å². The molecular formula is C12H18BrN5. The van der Waals surface area contributed by atoms with Gasteiger partial charge < -0.3 is 4.57 Å². The van der Waals surface area contributed by atoms with Crippen LogP contribution < -0.4 is 0 Å².